The molecular weight excluding hydrogens is 483 g/mol. The van der Waals surface area contributed by atoms with Crippen LogP contribution in [0.2, 0.25) is 0 Å². The van der Waals surface area contributed by atoms with E-state index in [0.29, 0.717) is 12.8 Å². The summed E-state index contributed by atoms with van der Waals surface area (Å²) in [6, 6.07) is 11.3. The van der Waals surface area contributed by atoms with Crippen molar-refractivity contribution in [3.05, 3.63) is 63.4 Å². The molecule has 0 bridgehead atoms. The molecule has 1 saturated heterocycles. The van der Waals surface area contributed by atoms with E-state index in [1.54, 1.807) is 19.2 Å². The maximum atomic E-state index is 15.0. The van der Waals surface area contributed by atoms with Gasteiger partial charge < -0.3 is 19.4 Å². The van der Waals surface area contributed by atoms with Gasteiger partial charge in [-0.1, -0.05) is 28.1 Å². The van der Waals surface area contributed by atoms with E-state index < -0.39 is 0 Å². The van der Waals surface area contributed by atoms with Crippen molar-refractivity contribution in [1.29, 1.82) is 0 Å². The van der Waals surface area contributed by atoms with E-state index in [1.807, 2.05) is 18.2 Å². The maximum absolute atomic E-state index is 15.0. The summed E-state index contributed by atoms with van der Waals surface area (Å²) in [5.41, 5.74) is 2.74. The van der Waals surface area contributed by atoms with Crippen molar-refractivity contribution in [3.63, 3.8) is 0 Å². The van der Waals surface area contributed by atoms with E-state index >= 15 is 0 Å². The van der Waals surface area contributed by atoms with Gasteiger partial charge in [0, 0.05) is 49.3 Å². The number of benzene rings is 2. The van der Waals surface area contributed by atoms with Crippen molar-refractivity contribution in [1.82, 2.24) is 14.7 Å². The lowest BCUT2D eigenvalue weighted by molar-refractivity contribution is 0.150. The number of aryl methyl sites for hydroxylation is 1. The predicted octanol–water partition coefficient (Wildman–Crippen LogP) is 4.08. The van der Waals surface area contributed by atoms with Gasteiger partial charge in [0.25, 0.3) is 0 Å². The van der Waals surface area contributed by atoms with Crippen LogP contribution in [0.1, 0.15) is 23.1 Å². The van der Waals surface area contributed by atoms with Gasteiger partial charge in [-0.15, -0.1) is 0 Å². The minimum Gasteiger partial charge on any atom is -0.496 e. The molecular formula is C26H34BrFN4O. The summed E-state index contributed by atoms with van der Waals surface area (Å²) >= 11 is 3.54. The van der Waals surface area contributed by atoms with Gasteiger partial charge in [-0.2, -0.15) is 0 Å². The molecule has 2 aliphatic rings. The van der Waals surface area contributed by atoms with E-state index in [0.717, 1.165) is 91.5 Å². The highest BCUT2D eigenvalue weighted by Crippen LogP contribution is 2.26. The third kappa shape index (κ3) is 6.14. The molecule has 0 radical (unpaired) electrons. The van der Waals surface area contributed by atoms with E-state index in [-0.39, 0.29) is 5.82 Å². The molecule has 2 aromatic rings. The Morgan fingerprint density at radius 3 is 2.64 bits per heavy atom. The minimum absolute atomic E-state index is 0.159. The van der Waals surface area contributed by atoms with Crippen LogP contribution in [0, 0.1) is 5.82 Å². The Kier molecular flexibility index (Phi) is 8.39. The molecule has 2 aliphatic heterocycles. The summed E-state index contributed by atoms with van der Waals surface area (Å²) in [5.74, 6) is 1.62. The number of methoxy groups -OCH3 is 1. The standard InChI is InChI=1S/C26H34BrFN4O/c1-30-15-17-31(18-16-30)12-4-13-32-14-11-29-26(32)23-5-3-6-24(28)22(23)9-7-20-19-21(27)8-10-25(20)33-2/h3,5-6,8,10,19H,4,7,9,11-18H2,1-2H3. The van der Waals surface area contributed by atoms with Gasteiger partial charge in [0.2, 0.25) is 0 Å². The number of nitrogens with zero attached hydrogens (tertiary/aromatic N) is 4. The van der Waals surface area contributed by atoms with Crippen LogP contribution in [0.15, 0.2) is 45.9 Å². The summed E-state index contributed by atoms with van der Waals surface area (Å²) in [5, 5.41) is 0. The summed E-state index contributed by atoms with van der Waals surface area (Å²) in [4.78, 5) is 12.1. The van der Waals surface area contributed by atoms with E-state index in [2.05, 4.69) is 43.7 Å². The summed E-state index contributed by atoms with van der Waals surface area (Å²) < 4.78 is 21.5. The van der Waals surface area contributed by atoms with E-state index in [4.69, 9.17) is 9.73 Å². The fourth-order valence-electron chi connectivity index (χ4n) is 4.74. The van der Waals surface area contributed by atoms with Crippen molar-refractivity contribution in [3.8, 4) is 5.75 Å². The molecule has 0 N–H and O–H groups in total. The Morgan fingerprint density at radius 1 is 1.03 bits per heavy atom. The third-order valence-corrected chi connectivity index (χ3v) is 7.17. The molecule has 33 heavy (non-hydrogen) atoms. The number of rotatable bonds is 9. The molecule has 2 aromatic carbocycles. The fraction of sp³-hybridized carbons (Fsp3) is 0.500. The van der Waals surface area contributed by atoms with Gasteiger partial charge in [-0.3, -0.25) is 4.99 Å². The number of hydrogen-bond acceptors (Lipinski definition) is 5. The molecule has 7 heteroatoms. The van der Waals surface area contributed by atoms with Crippen molar-refractivity contribution in [2.24, 2.45) is 4.99 Å². The van der Waals surface area contributed by atoms with Crippen LogP contribution in [0.3, 0.4) is 0 Å². The molecule has 0 aromatic heterocycles. The fourth-order valence-corrected chi connectivity index (χ4v) is 5.15. The number of likely N-dealkylation sites (N-methyl/N-ethyl adjacent to an activating group) is 1. The summed E-state index contributed by atoms with van der Waals surface area (Å²) in [6.07, 6.45) is 2.40. The van der Waals surface area contributed by atoms with E-state index in [9.17, 15) is 4.39 Å². The molecule has 4 rings (SSSR count). The lowest BCUT2D eigenvalue weighted by atomic mass is 9.97. The van der Waals surface area contributed by atoms with Crippen molar-refractivity contribution in [2.75, 3.05) is 66.5 Å². The highest BCUT2D eigenvalue weighted by molar-refractivity contribution is 9.10. The molecule has 5 nitrogen and oxygen atoms in total. The number of ether oxygens (including phenoxy) is 1. The van der Waals surface area contributed by atoms with Gasteiger partial charge in [0.05, 0.1) is 13.7 Å². The Labute approximate surface area is 205 Å². The van der Waals surface area contributed by atoms with Crippen LogP contribution in [0.4, 0.5) is 4.39 Å². The molecule has 0 saturated carbocycles. The number of hydrogen-bond donors (Lipinski definition) is 0. The Hall–Kier alpha value is -1.96. The van der Waals surface area contributed by atoms with Crippen LogP contribution in [0.25, 0.3) is 0 Å². The quantitative estimate of drug-likeness (QED) is 0.502. The Morgan fingerprint density at radius 2 is 1.85 bits per heavy atom. The molecule has 0 atom stereocenters. The molecule has 0 aliphatic carbocycles. The lowest BCUT2D eigenvalue weighted by Gasteiger charge is -2.33. The molecule has 178 valence electrons. The van der Waals surface area contributed by atoms with Crippen LogP contribution in [-0.2, 0) is 12.8 Å². The Bertz CT molecular complexity index is 975. The van der Waals surface area contributed by atoms with Gasteiger partial charge in [0.1, 0.15) is 17.4 Å². The molecule has 0 amide bonds. The zero-order valence-electron chi connectivity index (χ0n) is 19.7. The van der Waals surface area contributed by atoms with Crippen LogP contribution < -0.4 is 4.74 Å². The Balaban J connectivity index is 1.43. The first-order valence-electron chi connectivity index (χ1n) is 11.9. The topological polar surface area (TPSA) is 31.3 Å². The first-order valence-corrected chi connectivity index (χ1v) is 12.6. The predicted molar refractivity (Wildman–Crippen MR) is 136 cm³/mol. The second kappa shape index (κ2) is 11.4. The van der Waals surface area contributed by atoms with Crippen molar-refractivity contribution in [2.45, 2.75) is 19.3 Å². The third-order valence-electron chi connectivity index (χ3n) is 6.68. The normalized spacial score (nSPS) is 17.5. The smallest absolute Gasteiger partial charge is 0.131 e. The van der Waals surface area contributed by atoms with Crippen molar-refractivity contribution < 1.29 is 9.13 Å². The summed E-state index contributed by atoms with van der Waals surface area (Å²) in [7, 11) is 3.86. The van der Waals surface area contributed by atoms with Crippen LogP contribution >= 0.6 is 15.9 Å². The molecule has 0 spiro atoms. The highest BCUT2D eigenvalue weighted by atomic mass is 79.9. The number of halogens is 2. The zero-order chi connectivity index (χ0) is 23.2. The van der Waals surface area contributed by atoms with Gasteiger partial charge in [0.15, 0.2) is 0 Å². The number of aliphatic imine (C=N–C) groups is 1. The second-order valence-corrected chi connectivity index (χ2v) is 9.83. The molecule has 1 fully saturated rings. The van der Waals surface area contributed by atoms with E-state index in [1.165, 1.54) is 0 Å². The van der Waals surface area contributed by atoms with Crippen LogP contribution in [-0.4, -0.2) is 87.1 Å². The second-order valence-electron chi connectivity index (χ2n) is 8.91. The van der Waals surface area contributed by atoms with Gasteiger partial charge in [-0.25, -0.2) is 4.39 Å². The molecule has 2 heterocycles. The summed E-state index contributed by atoms with van der Waals surface area (Å²) in [6.45, 7) is 8.33. The average Bonchev–Trinajstić information content (AvgIpc) is 3.28. The molecule has 0 unspecified atom stereocenters. The van der Waals surface area contributed by atoms with Gasteiger partial charge >= 0.3 is 0 Å². The monoisotopic (exact) mass is 516 g/mol. The SMILES string of the molecule is COc1ccc(Br)cc1CCc1c(F)cccc1C1=NCCN1CCCN1CCN(C)CC1. The lowest BCUT2D eigenvalue weighted by Crippen LogP contribution is -2.45. The maximum Gasteiger partial charge on any atom is 0.131 e. The number of piperazine rings is 1. The van der Waals surface area contributed by atoms with Gasteiger partial charge in [-0.05, 0) is 68.2 Å². The largest absolute Gasteiger partial charge is 0.496 e. The van der Waals surface area contributed by atoms with Crippen LogP contribution in [0.5, 0.6) is 5.75 Å². The average molecular weight is 517 g/mol. The minimum atomic E-state index is -0.159. The first-order chi connectivity index (χ1) is 16.0. The number of amidine groups is 1. The zero-order valence-corrected chi connectivity index (χ0v) is 21.3. The first kappa shape index (κ1) is 24.2. The van der Waals surface area contributed by atoms with Crippen molar-refractivity contribution >= 4 is 21.8 Å². The highest BCUT2D eigenvalue weighted by Gasteiger charge is 2.23.